The maximum Gasteiger partial charge on any atom is 0.247 e. The standard InChI is InChI=1S/C16H19N2O3S/c19-16-10-8-15(9-11-16)18-22(20,21)13-17-12-4-7-14-5-2-1-3-6-14/h1-3,5-6,8-11,18-19H,4,7,12-13H2. The number of hydrogen-bond acceptors (Lipinski definition) is 3. The molecule has 1 radical (unpaired) electrons. The van der Waals surface area contributed by atoms with Gasteiger partial charge in [-0.05, 0) is 42.7 Å². The molecule has 2 rings (SSSR count). The zero-order valence-electron chi connectivity index (χ0n) is 12.1. The van der Waals surface area contributed by atoms with E-state index in [0.29, 0.717) is 12.2 Å². The SMILES string of the molecule is O=S(=O)(C[N]CCCc1ccccc1)Nc1ccc(O)cc1. The van der Waals surface area contributed by atoms with Crippen LogP contribution in [0, 0.1) is 0 Å². The van der Waals surface area contributed by atoms with Gasteiger partial charge in [0.05, 0.1) is 0 Å². The molecule has 0 unspecified atom stereocenters. The molecule has 117 valence electrons. The largest absolute Gasteiger partial charge is 0.508 e. The van der Waals surface area contributed by atoms with Crippen molar-refractivity contribution in [3.63, 3.8) is 0 Å². The minimum Gasteiger partial charge on any atom is -0.508 e. The number of anilines is 1. The van der Waals surface area contributed by atoms with Gasteiger partial charge in [0.15, 0.2) is 0 Å². The van der Waals surface area contributed by atoms with Crippen LogP contribution in [0.2, 0.25) is 0 Å². The highest BCUT2D eigenvalue weighted by Crippen LogP contribution is 2.14. The fourth-order valence-electron chi connectivity index (χ4n) is 1.97. The van der Waals surface area contributed by atoms with Crippen LogP contribution in [-0.2, 0) is 16.4 Å². The van der Waals surface area contributed by atoms with Crippen LogP contribution in [0.1, 0.15) is 12.0 Å². The first-order valence-electron chi connectivity index (χ1n) is 7.02. The van der Waals surface area contributed by atoms with E-state index in [0.717, 1.165) is 12.8 Å². The summed E-state index contributed by atoms with van der Waals surface area (Å²) in [6.45, 7) is 0.505. The molecule has 0 bridgehead atoms. The van der Waals surface area contributed by atoms with Crippen LogP contribution in [-0.4, -0.2) is 25.9 Å². The van der Waals surface area contributed by atoms with Crippen LogP contribution >= 0.6 is 0 Å². The predicted octanol–water partition coefficient (Wildman–Crippen LogP) is 2.33. The number of benzene rings is 2. The molecule has 0 saturated carbocycles. The molecule has 0 atom stereocenters. The number of phenols is 1. The topological polar surface area (TPSA) is 80.5 Å². The predicted molar refractivity (Wildman–Crippen MR) is 87.3 cm³/mol. The quantitative estimate of drug-likeness (QED) is 0.579. The number of phenolic OH excluding ortho intramolecular Hbond substituents is 1. The summed E-state index contributed by atoms with van der Waals surface area (Å²) >= 11 is 0. The number of hydrogen-bond donors (Lipinski definition) is 2. The van der Waals surface area contributed by atoms with Crippen LogP contribution in [0.15, 0.2) is 54.6 Å². The molecule has 5 nitrogen and oxygen atoms in total. The van der Waals surface area contributed by atoms with E-state index < -0.39 is 10.0 Å². The minimum absolute atomic E-state index is 0.0912. The molecule has 0 saturated heterocycles. The number of sulfonamides is 1. The molecule has 0 aliphatic carbocycles. The lowest BCUT2D eigenvalue weighted by Gasteiger charge is -2.08. The van der Waals surface area contributed by atoms with Gasteiger partial charge in [0.25, 0.3) is 0 Å². The van der Waals surface area contributed by atoms with Gasteiger partial charge in [0.1, 0.15) is 11.6 Å². The summed E-state index contributed by atoms with van der Waals surface area (Å²) in [6, 6.07) is 15.9. The van der Waals surface area contributed by atoms with Gasteiger partial charge in [-0.15, -0.1) is 0 Å². The van der Waals surface area contributed by atoms with Crippen LogP contribution in [0.5, 0.6) is 5.75 Å². The van der Waals surface area contributed by atoms with Crippen molar-refractivity contribution < 1.29 is 13.5 Å². The molecule has 0 amide bonds. The Balaban J connectivity index is 1.70. The summed E-state index contributed by atoms with van der Waals surface area (Å²) in [4.78, 5) is 0. The number of aryl methyl sites for hydroxylation is 1. The average molecular weight is 319 g/mol. The Hall–Kier alpha value is -2.05. The summed E-state index contributed by atoms with van der Waals surface area (Å²) in [5, 5.41) is 13.2. The van der Waals surface area contributed by atoms with Crippen molar-refractivity contribution in [2.45, 2.75) is 12.8 Å². The molecule has 2 aromatic rings. The first-order chi connectivity index (χ1) is 10.6. The monoisotopic (exact) mass is 319 g/mol. The molecule has 0 fully saturated rings. The van der Waals surface area contributed by atoms with Crippen LogP contribution < -0.4 is 10.0 Å². The molecule has 0 spiro atoms. The van der Waals surface area contributed by atoms with Crippen LogP contribution in [0.4, 0.5) is 5.69 Å². The highest BCUT2D eigenvalue weighted by Gasteiger charge is 2.10. The third kappa shape index (κ3) is 5.75. The van der Waals surface area contributed by atoms with E-state index in [9.17, 15) is 8.42 Å². The van der Waals surface area contributed by atoms with Crippen molar-refractivity contribution >= 4 is 15.7 Å². The lowest BCUT2D eigenvalue weighted by molar-refractivity contribution is 0.475. The fraction of sp³-hybridized carbons (Fsp3) is 0.250. The molecule has 0 heterocycles. The Morgan fingerprint density at radius 3 is 2.36 bits per heavy atom. The van der Waals surface area contributed by atoms with Gasteiger partial charge in [-0.25, -0.2) is 13.7 Å². The molecule has 2 N–H and O–H groups in total. The molecular weight excluding hydrogens is 300 g/mol. The van der Waals surface area contributed by atoms with Crippen LogP contribution in [0.25, 0.3) is 0 Å². The lowest BCUT2D eigenvalue weighted by atomic mass is 10.1. The van der Waals surface area contributed by atoms with E-state index in [-0.39, 0.29) is 11.6 Å². The van der Waals surface area contributed by atoms with Crippen molar-refractivity contribution in [1.29, 1.82) is 0 Å². The summed E-state index contributed by atoms with van der Waals surface area (Å²) < 4.78 is 26.1. The zero-order chi connectivity index (χ0) is 15.8. The Morgan fingerprint density at radius 1 is 1.00 bits per heavy atom. The number of nitrogens with zero attached hydrogens (tertiary/aromatic N) is 1. The maximum absolute atomic E-state index is 11.9. The lowest BCUT2D eigenvalue weighted by Crippen LogP contribution is -2.24. The van der Waals surface area contributed by atoms with Gasteiger partial charge in [-0.3, -0.25) is 4.72 Å². The second-order valence-electron chi connectivity index (χ2n) is 4.93. The first-order valence-corrected chi connectivity index (χ1v) is 8.67. The highest BCUT2D eigenvalue weighted by atomic mass is 32.2. The second kappa shape index (κ2) is 7.82. The van der Waals surface area contributed by atoms with Crippen molar-refractivity contribution in [1.82, 2.24) is 5.32 Å². The van der Waals surface area contributed by atoms with E-state index in [1.54, 1.807) is 0 Å². The van der Waals surface area contributed by atoms with E-state index in [2.05, 4.69) is 10.0 Å². The third-order valence-electron chi connectivity index (χ3n) is 3.03. The van der Waals surface area contributed by atoms with Gasteiger partial charge in [0.2, 0.25) is 10.0 Å². The molecule has 0 aliphatic heterocycles. The summed E-state index contributed by atoms with van der Waals surface area (Å²) in [5.74, 6) is -0.170. The van der Waals surface area contributed by atoms with Crippen molar-refractivity contribution in [3.8, 4) is 5.75 Å². The van der Waals surface area contributed by atoms with Crippen molar-refractivity contribution in [2.24, 2.45) is 0 Å². The molecule has 22 heavy (non-hydrogen) atoms. The fourth-order valence-corrected chi connectivity index (χ4v) is 2.89. The third-order valence-corrected chi connectivity index (χ3v) is 4.10. The number of aromatic hydroxyl groups is 1. The molecule has 0 aliphatic rings. The van der Waals surface area contributed by atoms with Crippen molar-refractivity contribution in [3.05, 3.63) is 60.2 Å². The van der Waals surface area contributed by atoms with E-state index in [1.807, 2.05) is 30.3 Å². The Kier molecular flexibility index (Phi) is 5.80. The number of nitrogens with one attached hydrogen (secondary N) is 1. The summed E-state index contributed by atoms with van der Waals surface area (Å²) in [7, 11) is -3.49. The number of rotatable bonds is 8. The van der Waals surface area contributed by atoms with Gasteiger partial charge in [0, 0.05) is 12.2 Å². The van der Waals surface area contributed by atoms with Crippen molar-refractivity contribution in [2.75, 3.05) is 17.1 Å². The van der Waals surface area contributed by atoms with E-state index >= 15 is 0 Å². The molecule has 6 heteroatoms. The highest BCUT2D eigenvalue weighted by molar-refractivity contribution is 7.92. The summed E-state index contributed by atoms with van der Waals surface area (Å²) in [5.41, 5.74) is 1.64. The molecule has 2 aromatic carbocycles. The molecular formula is C16H19N2O3S. The van der Waals surface area contributed by atoms with Gasteiger partial charge in [-0.1, -0.05) is 30.3 Å². The Bertz CT molecular complexity index is 670. The Labute approximate surface area is 131 Å². The van der Waals surface area contributed by atoms with E-state index in [1.165, 1.54) is 29.8 Å². The Morgan fingerprint density at radius 2 is 1.68 bits per heavy atom. The minimum atomic E-state index is -3.49. The maximum atomic E-state index is 11.9. The van der Waals surface area contributed by atoms with E-state index in [4.69, 9.17) is 5.11 Å². The zero-order valence-corrected chi connectivity index (χ0v) is 13.0. The second-order valence-corrected chi connectivity index (χ2v) is 6.62. The summed E-state index contributed by atoms with van der Waals surface area (Å²) in [6.07, 6.45) is 1.70. The van der Waals surface area contributed by atoms with Gasteiger partial charge >= 0.3 is 0 Å². The average Bonchev–Trinajstić information content (AvgIpc) is 2.50. The molecule has 0 aromatic heterocycles. The van der Waals surface area contributed by atoms with Gasteiger partial charge in [-0.2, -0.15) is 0 Å². The van der Waals surface area contributed by atoms with Crippen LogP contribution in [0.3, 0.4) is 0 Å². The normalized spacial score (nSPS) is 11.3. The first kappa shape index (κ1) is 16.3. The van der Waals surface area contributed by atoms with Gasteiger partial charge < -0.3 is 5.11 Å². The smallest absolute Gasteiger partial charge is 0.247 e.